The Morgan fingerprint density at radius 2 is 2.21 bits per heavy atom. The van der Waals surface area contributed by atoms with Crippen LogP contribution in [-0.2, 0) is 9.53 Å². The number of halogens is 1. The minimum Gasteiger partial charge on any atom is -0.468 e. The Morgan fingerprint density at radius 1 is 1.53 bits per heavy atom. The summed E-state index contributed by atoms with van der Waals surface area (Å²) in [5.41, 5.74) is -0.0778. The lowest BCUT2D eigenvalue weighted by molar-refractivity contribution is -0.384. The van der Waals surface area contributed by atoms with E-state index < -0.39 is 22.2 Å². The minimum absolute atomic E-state index is 0.114. The van der Waals surface area contributed by atoms with Gasteiger partial charge in [0.05, 0.1) is 12.0 Å². The number of non-ortho nitro benzene ring substituents is 1. The molecule has 1 unspecified atom stereocenters. The van der Waals surface area contributed by atoms with Crippen LogP contribution in [0.15, 0.2) is 24.3 Å². The van der Waals surface area contributed by atoms with Crippen LogP contribution in [-0.4, -0.2) is 35.8 Å². The second-order valence-corrected chi connectivity index (χ2v) is 4.03. The van der Waals surface area contributed by atoms with E-state index in [9.17, 15) is 19.7 Å². The monoisotopic (exact) mass is 286 g/mol. The number of carbonyl (C=O) groups excluding carboxylic acids is 2. The summed E-state index contributed by atoms with van der Waals surface area (Å²) in [5.74, 6) is -1.22. The summed E-state index contributed by atoms with van der Waals surface area (Å²) in [4.78, 5) is 32.7. The average Bonchev–Trinajstić information content (AvgIpc) is 2.43. The standard InChI is InChI=1S/C11H11ClN2O5/c1-19-11(16)9(12)6-13-10(15)7-3-2-4-8(5-7)14(17)18/h2-5,9H,6H2,1H3,(H,13,15). The number of alkyl halides is 1. The molecule has 0 radical (unpaired) electrons. The molecule has 19 heavy (non-hydrogen) atoms. The van der Waals surface area contributed by atoms with Gasteiger partial charge in [-0.2, -0.15) is 0 Å². The summed E-state index contributed by atoms with van der Waals surface area (Å²) in [7, 11) is 1.18. The van der Waals surface area contributed by atoms with Crippen LogP contribution in [0.2, 0.25) is 0 Å². The maximum Gasteiger partial charge on any atom is 0.325 e. The van der Waals surface area contributed by atoms with Gasteiger partial charge in [-0.05, 0) is 6.07 Å². The summed E-state index contributed by atoms with van der Waals surface area (Å²) in [6.07, 6.45) is 0. The van der Waals surface area contributed by atoms with Crippen molar-refractivity contribution in [1.29, 1.82) is 0 Å². The highest BCUT2D eigenvalue weighted by molar-refractivity contribution is 6.30. The van der Waals surface area contributed by atoms with Crippen molar-refractivity contribution >= 4 is 29.2 Å². The number of hydrogen-bond donors (Lipinski definition) is 1. The molecular formula is C11H11ClN2O5. The Morgan fingerprint density at radius 3 is 2.79 bits per heavy atom. The van der Waals surface area contributed by atoms with Crippen LogP contribution in [0.3, 0.4) is 0 Å². The first kappa shape index (κ1) is 14.9. The van der Waals surface area contributed by atoms with Crippen molar-refractivity contribution in [2.75, 3.05) is 13.7 Å². The molecule has 0 aliphatic carbocycles. The van der Waals surface area contributed by atoms with Crippen molar-refractivity contribution in [2.45, 2.75) is 5.38 Å². The predicted octanol–water partition coefficient (Wildman–Crippen LogP) is 1.10. The van der Waals surface area contributed by atoms with Gasteiger partial charge >= 0.3 is 5.97 Å². The molecular weight excluding hydrogens is 276 g/mol. The van der Waals surface area contributed by atoms with E-state index in [0.717, 1.165) is 6.07 Å². The van der Waals surface area contributed by atoms with E-state index in [1.165, 1.54) is 25.3 Å². The molecule has 0 aliphatic heterocycles. The van der Waals surface area contributed by atoms with Crippen molar-refractivity contribution in [3.05, 3.63) is 39.9 Å². The Hall–Kier alpha value is -2.15. The van der Waals surface area contributed by atoms with Gasteiger partial charge in [-0.3, -0.25) is 19.7 Å². The maximum atomic E-state index is 11.7. The molecule has 1 amide bonds. The molecule has 0 saturated carbocycles. The van der Waals surface area contributed by atoms with E-state index in [2.05, 4.69) is 10.1 Å². The lowest BCUT2D eigenvalue weighted by Gasteiger charge is -2.08. The number of benzene rings is 1. The van der Waals surface area contributed by atoms with Crippen LogP contribution in [0.25, 0.3) is 0 Å². The zero-order valence-corrected chi connectivity index (χ0v) is 10.7. The Bertz CT molecular complexity index is 506. The van der Waals surface area contributed by atoms with Gasteiger partial charge in [0, 0.05) is 24.2 Å². The zero-order chi connectivity index (χ0) is 14.4. The number of nitrogens with zero attached hydrogens (tertiary/aromatic N) is 1. The molecule has 7 nitrogen and oxygen atoms in total. The van der Waals surface area contributed by atoms with Gasteiger partial charge in [-0.25, -0.2) is 0 Å². The third-order valence-electron chi connectivity index (χ3n) is 2.22. The number of nitrogens with one attached hydrogen (secondary N) is 1. The normalized spacial score (nSPS) is 11.5. The third-order valence-corrected chi connectivity index (χ3v) is 2.55. The van der Waals surface area contributed by atoms with Crippen LogP contribution < -0.4 is 5.32 Å². The van der Waals surface area contributed by atoms with Gasteiger partial charge in [-0.1, -0.05) is 6.07 Å². The van der Waals surface area contributed by atoms with Crippen molar-refractivity contribution in [3.8, 4) is 0 Å². The first-order valence-corrected chi connectivity index (χ1v) is 5.64. The molecule has 0 aromatic heterocycles. The quantitative estimate of drug-likeness (QED) is 0.378. The van der Waals surface area contributed by atoms with Gasteiger partial charge in [0.2, 0.25) is 0 Å². The lowest BCUT2D eigenvalue weighted by Crippen LogP contribution is -2.34. The summed E-state index contributed by atoms with van der Waals surface area (Å²) >= 11 is 5.65. The topological polar surface area (TPSA) is 98.5 Å². The van der Waals surface area contributed by atoms with Crippen molar-refractivity contribution in [1.82, 2.24) is 5.32 Å². The molecule has 1 rings (SSSR count). The molecule has 1 aromatic carbocycles. The molecule has 0 aliphatic rings. The first-order chi connectivity index (χ1) is 8.95. The molecule has 0 bridgehead atoms. The predicted molar refractivity (Wildman–Crippen MR) is 67.1 cm³/mol. The highest BCUT2D eigenvalue weighted by atomic mass is 35.5. The summed E-state index contributed by atoms with van der Waals surface area (Å²) in [6, 6.07) is 5.22. The fourth-order valence-corrected chi connectivity index (χ4v) is 1.42. The summed E-state index contributed by atoms with van der Waals surface area (Å²) in [5, 5.41) is 11.9. The number of ether oxygens (including phenoxy) is 1. The SMILES string of the molecule is COC(=O)C(Cl)CNC(=O)c1cccc([N+](=O)[O-])c1. The van der Waals surface area contributed by atoms with Crippen LogP contribution in [0.4, 0.5) is 5.69 Å². The third kappa shape index (κ3) is 4.22. The number of esters is 1. The highest BCUT2D eigenvalue weighted by Gasteiger charge is 2.18. The van der Waals surface area contributed by atoms with Crippen LogP contribution in [0, 0.1) is 10.1 Å². The largest absolute Gasteiger partial charge is 0.468 e. The maximum absolute atomic E-state index is 11.7. The Balaban J connectivity index is 2.66. The molecule has 0 saturated heterocycles. The number of nitro benzene ring substituents is 1. The van der Waals surface area contributed by atoms with Crippen LogP contribution >= 0.6 is 11.6 Å². The molecule has 0 heterocycles. The van der Waals surface area contributed by atoms with Crippen molar-refractivity contribution < 1.29 is 19.2 Å². The van der Waals surface area contributed by atoms with Crippen molar-refractivity contribution in [2.24, 2.45) is 0 Å². The molecule has 1 aromatic rings. The number of methoxy groups -OCH3 is 1. The smallest absolute Gasteiger partial charge is 0.325 e. The van der Waals surface area contributed by atoms with Gasteiger partial charge in [0.1, 0.15) is 5.38 Å². The van der Waals surface area contributed by atoms with E-state index >= 15 is 0 Å². The fraction of sp³-hybridized carbons (Fsp3) is 0.273. The van der Waals surface area contributed by atoms with Crippen molar-refractivity contribution in [3.63, 3.8) is 0 Å². The fourth-order valence-electron chi connectivity index (χ4n) is 1.26. The van der Waals surface area contributed by atoms with Gasteiger partial charge in [0.25, 0.3) is 11.6 Å². The van der Waals surface area contributed by atoms with Gasteiger partial charge in [-0.15, -0.1) is 11.6 Å². The molecule has 1 N–H and O–H groups in total. The first-order valence-electron chi connectivity index (χ1n) is 5.20. The second kappa shape index (κ2) is 6.69. The van der Waals surface area contributed by atoms with E-state index in [4.69, 9.17) is 11.6 Å². The van der Waals surface area contributed by atoms with E-state index in [0.29, 0.717) is 0 Å². The number of rotatable bonds is 5. The Labute approximate surface area is 113 Å². The molecule has 102 valence electrons. The number of nitro groups is 1. The molecule has 1 atom stereocenters. The molecule has 0 spiro atoms. The summed E-state index contributed by atoms with van der Waals surface area (Å²) in [6.45, 7) is -0.129. The van der Waals surface area contributed by atoms with Crippen LogP contribution in [0.5, 0.6) is 0 Å². The molecule has 0 fully saturated rings. The summed E-state index contributed by atoms with van der Waals surface area (Å²) < 4.78 is 4.39. The molecule has 8 heteroatoms. The number of hydrogen-bond acceptors (Lipinski definition) is 5. The number of carbonyl (C=O) groups is 2. The zero-order valence-electron chi connectivity index (χ0n) is 9.96. The van der Waals surface area contributed by atoms with E-state index in [1.54, 1.807) is 0 Å². The Kier molecular flexibility index (Phi) is 5.25. The average molecular weight is 287 g/mol. The van der Waals surface area contributed by atoms with Gasteiger partial charge < -0.3 is 10.1 Å². The number of amides is 1. The lowest BCUT2D eigenvalue weighted by atomic mass is 10.2. The second-order valence-electron chi connectivity index (χ2n) is 3.51. The van der Waals surface area contributed by atoms with Crippen LogP contribution in [0.1, 0.15) is 10.4 Å². The van der Waals surface area contributed by atoms with Gasteiger partial charge in [0.15, 0.2) is 0 Å². The van der Waals surface area contributed by atoms with E-state index in [-0.39, 0.29) is 17.8 Å². The minimum atomic E-state index is -1.01. The highest BCUT2D eigenvalue weighted by Crippen LogP contribution is 2.12. The van der Waals surface area contributed by atoms with E-state index in [1.807, 2.05) is 0 Å².